The molecule has 286 valence electrons. The van der Waals surface area contributed by atoms with E-state index in [-0.39, 0.29) is 58.5 Å². The summed E-state index contributed by atoms with van der Waals surface area (Å²) in [4.78, 5) is 74.4. The summed E-state index contributed by atoms with van der Waals surface area (Å²) in [6.07, 6.45) is -0.884. The average molecular weight is 763 g/mol. The molecule has 4 aromatic carbocycles. The number of esters is 6. The van der Waals surface area contributed by atoms with Crippen LogP contribution < -0.4 is 18.9 Å². The lowest BCUT2D eigenvalue weighted by Gasteiger charge is -2.18. The zero-order chi connectivity index (χ0) is 39.9. The molecular formula is C42H34O14. The lowest BCUT2D eigenvalue weighted by Crippen LogP contribution is -2.36. The Hall–Kier alpha value is -6.90. The van der Waals surface area contributed by atoms with Crippen molar-refractivity contribution < 1.29 is 66.7 Å². The quantitative estimate of drug-likeness (QED) is 0.101. The van der Waals surface area contributed by atoms with Crippen LogP contribution in [0.3, 0.4) is 0 Å². The summed E-state index contributed by atoms with van der Waals surface area (Å²) >= 11 is 0. The Morgan fingerprint density at radius 2 is 0.875 bits per heavy atom. The van der Waals surface area contributed by atoms with E-state index in [2.05, 4.69) is 13.2 Å². The lowest BCUT2D eigenvalue weighted by atomic mass is 10.1. The van der Waals surface area contributed by atoms with E-state index in [1.807, 2.05) is 0 Å². The molecule has 2 aliphatic rings. The molecule has 14 nitrogen and oxygen atoms in total. The van der Waals surface area contributed by atoms with Crippen LogP contribution in [0.25, 0.3) is 0 Å². The first-order chi connectivity index (χ1) is 26.9. The zero-order valence-electron chi connectivity index (χ0n) is 30.1. The van der Waals surface area contributed by atoms with Crippen molar-refractivity contribution in [2.45, 2.75) is 38.3 Å². The summed E-state index contributed by atoms with van der Waals surface area (Å²) in [6.45, 7) is 10.0. The van der Waals surface area contributed by atoms with E-state index in [1.165, 1.54) is 84.9 Å². The van der Waals surface area contributed by atoms with E-state index in [0.29, 0.717) is 11.1 Å². The largest absolute Gasteiger partial charge is 0.453 e. The Bertz CT molecular complexity index is 2050. The molecule has 0 aliphatic carbocycles. The van der Waals surface area contributed by atoms with E-state index in [0.717, 1.165) is 12.2 Å². The molecule has 2 fully saturated rings. The van der Waals surface area contributed by atoms with Crippen molar-refractivity contribution in [1.82, 2.24) is 0 Å². The van der Waals surface area contributed by atoms with Crippen LogP contribution >= 0.6 is 0 Å². The number of aryl methyl sites for hydroxylation is 2. The SMILES string of the molecule is C=CC(=O)Oc1ccc(C(=O)Oc2ccc(C(=O)O[C@H]3CO[C@@H]4[C@H]3OC[C@H]4OC(=O)c3ccc(OC(=O)c4ccc(OC(=O)C=C)cc4)c(C)c3)cc2C)cc1. The van der Waals surface area contributed by atoms with Gasteiger partial charge in [0.15, 0.2) is 12.2 Å². The normalized spacial score (nSPS) is 18.1. The Balaban J connectivity index is 0.991. The minimum Gasteiger partial charge on any atom is -0.453 e. The second-order valence-electron chi connectivity index (χ2n) is 12.5. The number of fused-ring (bicyclic) bond motifs is 1. The number of hydrogen-bond donors (Lipinski definition) is 0. The van der Waals surface area contributed by atoms with Crippen molar-refractivity contribution in [2.75, 3.05) is 13.2 Å². The van der Waals surface area contributed by atoms with Gasteiger partial charge in [-0.15, -0.1) is 0 Å². The zero-order valence-corrected chi connectivity index (χ0v) is 30.1. The van der Waals surface area contributed by atoms with E-state index in [4.69, 9.17) is 37.9 Å². The highest BCUT2D eigenvalue weighted by atomic mass is 16.7. The third-order valence-electron chi connectivity index (χ3n) is 8.66. The summed E-state index contributed by atoms with van der Waals surface area (Å²) in [5.74, 6) is -2.96. The summed E-state index contributed by atoms with van der Waals surface area (Å²) < 4.78 is 44.1. The second kappa shape index (κ2) is 17.1. The summed E-state index contributed by atoms with van der Waals surface area (Å²) in [6, 6.07) is 20.5. The third kappa shape index (κ3) is 9.06. The predicted octanol–water partition coefficient (Wildman–Crippen LogP) is 5.47. The molecule has 0 saturated carbocycles. The van der Waals surface area contributed by atoms with Crippen molar-refractivity contribution in [3.05, 3.63) is 144 Å². The van der Waals surface area contributed by atoms with Crippen LogP contribution in [-0.4, -0.2) is 73.4 Å². The van der Waals surface area contributed by atoms with Gasteiger partial charge < -0.3 is 37.9 Å². The molecule has 0 amide bonds. The molecule has 0 spiro atoms. The highest BCUT2D eigenvalue weighted by Crippen LogP contribution is 2.32. The Morgan fingerprint density at radius 3 is 1.21 bits per heavy atom. The van der Waals surface area contributed by atoms with Crippen LogP contribution in [0.15, 0.2) is 110 Å². The van der Waals surface area contributed by atoms with E-state index in [9.17, 15) is 28.8 Å². The van der Waals surface area contributed by atoms with Gasteiger partial charge in [0.1, 0.15) is 35.2 Å². The topological polar surface area (TPSA) is 176 Å². The van der Waals surface area contributed by atoms with Gasteiger partial charge in [0.25, 0.3) is 0 Å². The van der Waals surface area contributed by atoms with Gasteiger partial charge >= 0.3 is 35.8 Å². The van der Waals surface area contributed by atoms with Crippen molar-refractivity contribution in [2.24, 2.45) is 0 Å². The molecule has 0 unspecified atom stereocenters. The minimum absolute atomic E-state index is 0.0112. The number of hydrogen-bond acceptors (Lipinski definition) is 14. The summed E-state index contributed by atoms with van der Waals surface area (Å²) in [7, 11) is 0. The molecule has 2 heterocycles. The predicted molar refractivity (Wildman–Crippen MR) is 195 cm³/mol. The molecule has 2 saturated heterocycles. The van der Waals surface area contributed by atoms with Gasteiger partial charge in [-0.05, 0) is 110 Å². The number of carbonyl (C=O) groups is 6. The minimum atomic E-state index is -0.780. The van der Waals surface area contributed by atoms with Crippen LogP contribution in [0, 0.1) is 13.8 Å². The van der Waals surface area contributed by atoms with Crippen LogP contribution in [0.5, 0.6) is 23.0 Å². The molecular weight excluding hydrogens is 728 g/mol. The molecule has 0 bridgehead atoms. The van der Waals surface area contributed by atoms with Crippen molar-refractivity contribution in [3.63, 3.8) is 0 Å². The molecule has 0 aromatic heterocycles. The van der Waals surface area contributed by atoms with Crippen LogP contribution in [0.1, 0.15) is 52.6 Å². The fraction of sp³-hybridized carbons (Fsp3) is 0.190. The van der Waals surface area contributed by atoms with Crippen LogP contribution in [0.2, 0.25) is 0 Å². The Kier molecular flexibility index (Phi) is 11.8. The maximum Gasteiger partial charge on any atom is 0.343 e. The molecule has 14 heteroatoms. The standard InChI is InChI=1S/C42H34O14/c1-5-35(43)51-29-13-7-25(8-14-29)39(45)53-31-17-11-27(19-23(31)3)41(47)55-33-21-49-38-34(22-50-37(33)38)56-42(48)28-12-18-32(24(4)20-28)54-40(46)26-9-15-30(16-10-26)52-36(44)6-2/h5-20,33-34,37-38H,1-2,21-22H2,3-4H3/t33-,34+,37-,38-/m0/s1. The van der Waals surface area contributed by atoms with Gasteiger partial charge in [-0.1, -0.05) is 13.2 Å². The fourth-order valence-electron chi connectivity index (χ4n) is 5.78. The first-order valence-corrected chi connectivity index (χ1v) is 17.1. The van der Waals surface area contributed by atoms with Crippen LogP contribution in [0.4, 0.5) is 0 Å². The fourth-order valence-corrected chi connectivity index (χ4v) is 5.78. The van der Waals surface area contributed by atoms with E-state index < -0.39 is 60.2 Å². The second-order valence-corrected chi connectivity index (χ2v) is 12.5. The van der Waals surface area contributed by atoms with Gasteiger partial charge in [-0.2, -0.15) is 0 Å². The van der Waals surface area contributed by atoms with Crippen molar-refractivity contribution in [3.8, 4) is 23.0 Å². The van der Waals surface area contributed by atoms with Gasteiger partial charge in [0.05, 0.1) is 35.5 Å². The van der Waals surface area contributed by atoms with E-state index >= 15 is 0 Å². The smallest absolute Gasteiger partial charge is 0.343 e. The molecule has 2 aliphatic heterocycles. The van der Waals surface area contributed by atoms with Crippen molar-refractivity contribution in [1.29, 1.82) is 0 Å². The Morgan fingerprint density at radius 1 is 0.518 bits per heavy atom. The number of rotatable bonds is 12. The van der Waals surface area contributed by atoms with Gasteiger partial charge in [0, 0.05) is 12.2 Å². The van der Waals surface area contributed by atoms with Gasteiger partial charge in [-0.25, -0.2) is 28.8 Å². The molecule has 4 atom stereocenters. The maximum absolute atomic E-state index is 13.1. The molecule has 4 aromatic rings. The van der Waals surface area contributed by atoms with Gasteiger partial charge in [-0.3, -0.25) is 0 Å². The molecule has 0 radical (unpaired) electrons. The number of carbonyl (C=O) groups excluding carboxylic acids is 6. The first-order valence-electron chi connectivity index (χ1n) is 17.1. The highest BCUT2D eigenvalue weighted by Gasteiger charge is 2.51. The van der Waals surface area contributed by atoms with Crippen LogP contribution in [-0.2, 0) is 28.5 Å². The third-order valence-corrected chi connectivity index (χ3v) is 8.66. The maximum atomic E-state index is 13.1. The van der Waals surface area contributed by atoms with Crippen molar-refractivity contribution >= 4 is 35.8 Å². The average Bonchev–Trinajstić information content (AvgIpc) is 3.79. The molecule has 0 N–H and O–H groups in total. The van der Waals surface area contributed by atoms with Gasteiger partial charge in [0.2, 0.25) is 0 Å². The highest BCUT2D eigenvalue weighted by molar-refractivity contribution is 5.94. The van der Waals surface area contributed by atoms with E-state index in [1.54, 1.807) is 13.8 Å². The Labute approximate surface area is 320 Å². The number of benzene rings is 4. The summed E-state index contributed by atoms with van der Waals surface area (Å²) in [5.41, 5.74) is 1.82. The first kappa shape index (κ1) is 38.8. The molecule has 56 heavy (non-hydrogen) atoms. The summed E-state index contributed by atoms with van der Waals surface area (Å²) in [5, 5.41) is 0. The monoisotopic (exact) mass is 762 g/mol. The number of ether oxygens (including phenoxy) is 8. The molecule has 6 rings (SSSR count). The lowest BCUT2D eigenvalue weighted by molar-refractivity contribution is -0.129.